The van der Waals surface area contributed by atoms with Gasteiger partial charge in [-0.05, 0) is 55.3 Å². The van der Waals surface area contributed by atoms with Gasteiger partial charge < -0.3 is 9.67 Å². The van der Waals surface area contributed by atoms with Crippen molar-refractivity contribution in [3.05, 3.63) is 12.2 Å². The fraction of sp³-hybridized carbons (Fsp3) is 0.867. The molecule has 0 spiro atoms. The molecule has 4 bridgehead atoms. The van der Waals surface area contributed by atoms with E-state index in [4.69, 9.17) is 0 Å². The van der Waals surface area contributed by atoms with E-state index < -0.39 is 0 Å². The van der Waals surface area contributed by atoms with Gasteiger partial charge in [-0.15, -0.1) is 10.2 Å². The van der Waals surface area contributed by atoms with Crippen LogP contribution in [0.1, 0.15) is 58.2 Å². The predicted molar refractivity (Wildman–Crippen MR) is 71.3 cm³/mol. The average molecular weight is 261 g/mol. The Balaban J connectivity index is 1.83. The Labute approximate surface area is 114 Å². The van der Waals surface area contributed by atoms with E-state index >= 15 is 0 Å². The molecule has 1 heterocycles. The fourth-order valence-electron chi connectivity index (χ4n) is 6.42. The van der Waals surface area contributed by atoms with Crippen molar-refractivity contribution in [3.63, 3.8) is 0 Å². The quantitative estimate of drug-likeness (QED) is 0.889. The lowest BCUT2D eigenvalue weighted by molar-refractivity contribution is -0.137. The van der Waals surface area contributed by atoms with Crippen molar-refractivity contribution in [2.45, 2.75) is 64.5 Å². The monoisotopic (exact) mass is 261 g/mol. The van der Waals surface area contributed by atoms with E-state index in [0.717, 1.165) is 11.7 Å². The first-order chi connectivity index (χ1) is 8.96. The molecular formula is C15H23N3O. The summed E-state index contributed by atoms with van der Waals surface area (Å²) in [5.74, 6) is 1.59. The summed E-state index contributed by atoms with van der Waals surface area (Å²) in [6, 6.07) is 0. The summed E-state index contributed by atoms with van der Waals surface area (Å²) in [7, 11) is 0. The lowest BCUT2D eigenvalue weighted by Crippen LogP contribution is -2.59. The molecule has 0 saturated heterocycles. The zero-order valence-electron chi connectivity index (χ0n) is 11.9. The Kier molecular flexibility index (Phi) is 2.13. The SMILES string of the molecule is CC12CC3CC(C)(C1)CC(n1cnnc1CO)(C3)C2. The molecule has 1 N–H and O–H groups in total. The lowest BCUT2D eigenvalue weighted by Gasteiger charge is -2.65. The summed E-state index contributed by atoms with van der Waals surface area (Å²) >= 11 is 0. The summed E-state index contributed by atoms with van der Waals surface area (Å²) < 4.78 is 2.22. The highest BCUT2D eigenvalue weighted by molar-refractivity contribution is 5.14. The van der Waals surface area contributed by atoms with Gasteiger partial charge in [0, 0.05) is 5.54 Å². The number of hydrogen-bond donors (Lipinski definition) is 1. The highest BCUT2D eigenvalue weighted by Crippen LogP contribution is 2.68. The smallest absolute Gasteiger partial charge is 0.159 e. The standard InChI is InChI=1S/C15H23N3O/c1-13-3-11-4-14(2,7-13)9-15(5-11,8-13)18-10-16-17-12(18)6-19/h10-11,19H,3-9H2,1-2H3. The summed E-state index contributed by atoms with van der Waals surface area (Å²) in [5, 5.41) is 17.7. The van der Waals surface area contributed by atoms with Crippen LogP contribution in [0.3, 0.4) is 0 Å². The molecule has 0 aromatic carbocycles. The maximum atomic E-state index is 9.51. The maximum Gasteiger partial charge on any atom is 0.159 e. The number of aliphatic hydroxyl groups excluding tert-OH is 1. The molecule has 1 aromatic rings. The minimum absolute atomic E-state index is 0.000154. The second-order valence-electron chi connectivity index (χ2n) is 8.13. The van der Waals surface area contributed by atoms with Crippen LogP contribution in [0.25, 0.3) is 0 Å². The van der Waals surface area contributed by atoms with Crippen LogP contribution in [0, 0.1) is 16.7 Å². The molecular weight excluding hydrogens is 238 g/mol. The number of rotatable bonds is 2. The van der Waals surface area contributed by atoms with E-state index in [9.17, 15) is 5.11 Å². The topological polar surface area (TPSA) is 50.9 Å². The van der Waals surface area contributed by atoms with Crippen LogP contribution in [0.2, 0.25) is 0 Å². The van der Waals surface area contributed by atoms with Gasteiger partial charge >= 0.3 is 0 Å². The van der Waals surface area contributed by atoms with E-state index in [-0.39, 0.29) is 12.1 Å². The zero-order valence-corrected chi connectivity index (χ0v) is 11.9. The van der Waals surface area contributed by atoms with Gasteiger partial charge in [-0.3, -0.25) is 0 Å². The van der Waals surface area contributed by atoms with Gasteiger partial charge in [0.15, 0.2) is 5.82 Å². The Morgan fingerprint density at radius 3 is 2.47 bits per heavy atom. The molecule has 4 nitrogen and oxygen atoms in total. The molecule has 19 heavy (non-hydrogen) atoms. The van der Waals surface area contributed by atoms with Gasteiger partial charge in [-0.1, -0.05) is 13.8 Å². The Morgan fingerprint density at radius 2 is 1.89 bits per heavy atom. The predicted octanol–water partition coefficient (Wildman–Crippen LogP) is 2.48. The zero-order chi connectivity index (χ0) is 13.3. The van der Waals surface area contributed by atoms with Crippen molar-refractivity contribution in [1.29, 1.82) is 0 Å². The third kappa shape index (κ3) is 1.55. The highest BCUT2D eigenvalue weighted by Gasteiger charge is 2.61. The van der Waals surface area contributed by atoms with E-state index in [1.54, 1.807) is 0 Å². The molecule has 2 atom stereocenters. The van der Waals surface area contributed by atoms with Crippen LogP contribution < -0.4 is 0 Å². The van der Waals surface area contributed by atoms with Crippen molar-refractivity contribution in [2.75, 3.05) is 0 Å². The van der Waals surface area contributed by atoms with Crippen molar-refractivity contribution in [1.82, 2.24) is 14.8 Å². The van der Waals surface area contributed by atoms with Crippen molar-refractivity contribution >= 4 is 0 Å². The summed E-state index contributed by atoms with van der Waals surface area (Å²) in [5.41, 5.74) is 1.13. The van der Waals surface area contributed by atoms with E-state index in [0.29, 0.717) is 10.8 Å². The molecule has 5 rings (SSSR count). The molecule has 4 fully saturated rings. The summed E-state index contributed by atoms with van der Waals surface area (Å²) in [6.07, 6.45) is 9.72. The molecule has 4 aliphatic carbocycles. The van der Waals surface area contributed by atoms with Gasteiger partial charge in [-0.2, -0.15) is 0 Å². The second-order valence-corrected chi connectivity index (χ2v) is 8.13. The minimum Gasteiger partial charge on any atom is -0.388 e. The first-order valence-electron chi connectivity index (χ1n) is 7.46. The van der Waals surface area contributed by atoms with Crippen LogP contribution in [0.15, 0.2) is 6.33 Å². The fourth-order valence-corrected chi connectivity index (χ4v) is 6.42. The second kappa shape index (κ2) is 3.40. The molecule has 0 amide bonds. The molecule has 0 aliphatic heterocycles. The highest BCUT2D eigenvalue weighted by atomic mass is 16.3. The molecule has 104 valence electrons. The number of aliphatic hydroxyl groups is 1. The maximum absolute atomic E-state index is 9.51. The molecule has 4 heteroatoms. The van der Waals surface area contributed by atoms with Gasteiger partial charge in [0.2, 0.25) is 0 Å². The normalized spacial score (nSPS) is 47.8. The average Bonchev–Trinajstić information content (AvgIpc) is 2.72. The third-order valence-corrected chi connectivity index (χ3v) is 5.87. The molecule has 2 unspecified atom stereocenters. The van der Waals surface area contributed by atoms with Gasteiger partial charge in [0.25, 0.3) is 0 Å². The van der Waals surface area contributed by atoms with Crippen molar-refractivity contribution < 1.29 is 5.11 Å². The third-order valence-electron chi connectivity index (χ3n) is 5.87. The van der Waals surface area contributed by atoms with Crippen LogP contribution >= 0.6 is 0 Å². The molecule has 1 aromatic heterocycles. The van der Waals surface area contributed by atoms with Crippen LogP contribution in [0.4, 0.5) is 0 Å². The largest absolute Gasteiger partial charge is 0.388 e. The van der Waals surface area contributed by atoms with E-state index in [1.165, 1.54) is 38.5 Å². The lowest BCUT2D eigenvalue weighted by atomic mass is 9.42. The number of aromatic nitrogens is 3. The van der Waals surface area contributed by atoms with Crippen molar-refractivity contribution in [2.24, 2.45) is 16.7 Å². The van der Waals surface area contributed by atoms with Gasteiger partial charge in [0.1, 0.15) is 12.9 Å². The number of nitrogens with zero attached hydrogens (tertiary/aromatic N) is 3. The Hall–Kier alpha value is -0.900. The van der Waals surface area contributed by atoms with E-state index in [2.05, 4.69) is 28.6 Å². The molecule has 4 aliphatic rings. The van der Waals surface area contributed by atoms with Crippen molar-refractivity contribution in [3.8, 4) is 0 Å². The molecule has 0 radical (unpaired) electrons. The Bertz CT molecular complexity index is 505. The first-order valence-corrected chi connectivity index (χ1v) is 7.46. The minimum atomic E-state index is -0.000154. The summed E-state index contributed by atoms with van der Waals surface area (Å²) in [4.78, 5) is 0. The van der Waals surface area contributed by atoms with E-state index in [1.807, 2.05) is 6.33 Å². The van der Waals surface area contributed by atoms with Crippen LogP contribution in [0.5, 0.6) is 0 Å². The van der Waals surface area contributed by atoms with Crippen LogP contribution in [-0.4, -0.2) is 19.9 Å². The summed E-state index contributed by atoms with van der Waals surface area (Å²) in [6.45, 7) is 4.93. The number of hydrogen-bond acceptors (Lipinski definition) is 3. The Morgan fingerprint density at radius 1 is 1.21 bits per heavy atom. The van der Waals surface area contributed by atoms with Gasteiger partial charge in [0.05, 0.1) is 0 Å². The first kappa shape index (κ1) is 11.9. The molecule has 4 saturated carbocycles. The van der Waals surface area contributed by atoms with Crippen LogP contribution in [-0.2, 0) is 12.1 Å². The van der Waals surface area contributed by atoms with Gasteiger partial charge in [-0.25, -0.2) is 0 Å².